The van der Waals surface area contributed by atoms with Gasteiger partial charge in [0.1, 0.15) is 23.8 Å². The fraction of sp³-hybridized carbons (Fsp3) is 0.480. The number of ketones is 1. The van der Waals surface area contributed by atoms with Crippen LogP contribution in [0.15, 0.2) is 30.5 Å². The number of rotatable bonds is 12. The van der Waals surface area contributed by atoms with Gasteiger partial charge in [-0.2, -0.15) is 0 Å². The number of hydrogen-bond acceptors (Lipinski definition) is 8. The number of aromatic nitrogens is 1. The van der Waals surface area contributed by atoms with E-state index in [4.69, 9.17) is 18.9 Å². The normalized spacial score (nSPS) is 15.8. The third-order valence-corrected chi connectivity index (χ3v) is 5.70. The van der Waals surface area contributed by atoms with Crippen LogP contribution in [0.3, 0.4) is 0 Å². The summed E-state index contributed by atoms with van der Waals surface area (Å²) in [7, 11) is 2.80. The zero-order valence-corrected chi connectivity index (χ0v) is 19.7. The number of esters is 1. The van der Waals surface area contributed by atoms with Gasteiger partial charge in [-0.05, 0) is 37.8 Å². The van der Waals surface area contributed by atoms with Crippen LogP contribution in [0.1, 0.15) is 55.3 Å². The summed E-state index contributed by atoms with van der Waals surface area (Å²) in [5.41, 5.74) is 0.396. The van der Waals surface area contributed by atoms with Gasteiger partial charge in [0.2, 0.25) is 0 Å². The Morgan fingerprint density at radius 3 is 2.50 bits per heavy atom. The highest BCUT2D eigenvalue weighted by atomic mass is 19.1. The summed E-state index contributed by atoms with van der Waals surface area (Å²) in [6.45, 7) is 3.73. The largest absolute Gasteiger partial charge is 0.503 e. The Kier molecular flexibility index (Phi) is 8.44. The van der Waals surface area contributed by atoms with Gasteiger partial charge < -0.3 is 24.1 Å². The number of halogens is 1. The van der Waals surface area contributed by atoms with Crippen molar-refractivity contribution >= 4 is 11.8 Å². The van der Waals surface area contributed by atoms with Crippen molar-refractivity contribution in [3.8, 4) is 17.2 Å². The average Bonchev–Trinajstić information content (AvgIpc) is 3.64. The SMILES string of the molecule is COc1cc(F)ccc1[C@@H](OCC1CC1)[C@H](C)OC(=O)[C@H](C)CC(=O)c1nccc(OC)c1O. The molecule has 3 rings (SSSR count). The van der Waals surface area contributed by atoms with Crippen molar-refractivity contribution in [2.75, 3.05) is 20.8 Å². The van der Waals surface area contributed by atoms with Crippen LogP contribution in [0.25, 0.3) is 0 Å². The van der Waals surface area contributed by atoms with E-state index in [-0.39, 0.29) is 23.6 Å². The molecule has 1 N–H and O–H groups in total. The first-order valence-electron chi connectivity index (χ1n) is 11.2. The zero-order valence-electron chi connectivity index (χ0n) is 19.7. The third-order valence-electron chi connectivity index (χ3n) is 5.70. The second-order valence-electron chi connectivity index (χ2n) is 8.46. The standard InChI is InChI=1S/C25H30FNO7/c1-14(11-19(28)22-23(29)20(31-3)9-10-27-22)25(30)34-15(2)24(33-13-16-5-6-16)18-8-7-17(26)12-21(18)32-4/h7-10,12,14-16,24,29H,5-6,11,13H2,1-4H3/t14-,15+,24+/m1/s1. The number of carbonyl (C=O) groups is 2. The van der Waals surface area contributed by atoms with E-state index in [0.717, 1.165) is 12.8 Å². The van der Waals surface area contributed by atoms with E-state index in [0.29, 0.717) is 23.8 Å². The van der Waals surface area contributed by atoms with E-state index in [9.17, 15) is 19.1 Å². The molecule has 1 fully saturated rings. The van der Waals surface area contributed by atoms with E-state index in [2.05, 4.69) is 4.98 Å². The van der Waals surface area contributed by atoms with Crippen LogP contribution >= 0.6 is 0 Å². The maximum absolute atomic E-state index is 13.7. The summed E-state index contributed by atoms with van der Waals surface area (Å²) in [4.78, 5) is 29.3. The number of pyridine rings is 1. The molecule has 0 amide bonds. The summed E-state index contributed by atoms with van der Waals surface area (Å²) in [6, 6.07) is 5.54. The molecule has 184 valence electrons. The van der Waals surface area contributed by atoms with Crippen LogP contribution in [-0.4, -0.2) is 48.8 Å². The molecule has 1 aromatic carbocycles. The van der Waals surface area contributed by atoms with Gasteiger partial charge in [-0.1, -0.05) is 6.92 Å². The second kappa shape index (κ2) is 11.3. The fourth-order valence-electron chi connectivity index (χ4n) is 3.55. The average molecular weight is 476 g/mol. The summed E-state index contributed by atoms with van der Waals surface area (Å²) < 4.78 is 35.7. The molecule has 34 heavy (non-hydrogen) atoms. The highest BCUT2D eigenvalue weighted by molar-refractivity contribution is 5.99. The number of aromatic hydroxyl groups is 1. The Hall–Kier alpha value is -3.20. The lowest BCUT2D eigenvalue weighted by molar-refractivity contribution is -0.161. The van der Waals surface area contributed by atoms with Gasteiger partial charge in [-0.3, -0.25) is 9.59 Å². The molecular weight excluding hydrogens is 445 g/mol. The van der Waals surface area contributed by atoms with E-state index in [1.54, 1.807) is 19.9 Å². The van der Waals surface area contributed by atoms with Crippen molar-refractivity contribution in [1.82, 2.24) is 4.98 Å². The molecule has 1 saturated carbocycles. The molecule has 3 atom stereocenters. The van der Waals surface area contributed by atoms with Crippen LogP contribution < -0.4 is 9.47 Å². The highest BCUT2D eigenvalue weighted by Crippen LogP contribution is 2.36. The van der Waals surface area contributed by atoms with Crippen LogP contribution in [0.4, 0.5) is 4.39 Å². The fourth-order valence-corrected chi connectivity index (χ4v) is 3.55. The van der Waals surface area contributed by atoms with Gasteiger partial charge in [0.15, 0.2) is 23.0 Å². The molecule has 1 heterocycles. The lowest BCUT2D eigenvalue weighted by Crippen LogP contribution is -2.29. The zero-order chi connectivity index (χ0) is 24.8. The predicted molar refractivity (Wildman–Crippen MR) is 120 cm³/mol. The van der Waals surface area contributed by atoms with E-state index in [1.165, 1.54) is 38.6 Å². The molecule has 0 saturated heterocycles. The molecule has 1 aliphatic rings. The molecule has 9 heteroatoms. The minimum atomic E-state index is -0.804. The van der Waals surface area contributed by atoms with Gasteiger partial charge in [-0.15, -0.1) is 0 Å². The molecule has 2 aromatic rings. The lowest BCUT2D eigenvalue weighted by Gasteiger charge is -2.27. The first-order chi connectivity index (χ1) is 16.2. The molecule has 0 spiro atoms. The number of carbonyl (C=O) groups excluding carboxylic acids is 2. The van der Waals surface area contributed by atoms with Gasteiger partial charge in [0.05, 0.1) is 26.7 Å². The Morgan fingerprint density at radius 2 is 1.85 bits per heavy atom. The molecule has 1 aliphatic carbocycles. The Morgan fingerprint density at radius 1 is 1.15 bits per heavy atom. The van der Waals surface area contributed by atoms with E-state index < -0.39 is 35.7 Å². The first kappa shape index (κ1) is 25.4. The van der Waals surface area contributed by atoms with Crippen molar-refractivity contribution in [3.63, 3.8) is 0 Å². The minimum Gasteiger partial charge on any atom is -0.503 e. The van der Waals surface area contributed by atoms with Crippen molar-refractivity contribution < 1.29 is 38.0 Å². The van der Waals surface area contributed by atoms with Gasteiger partial charge in [0, 0.05) is 30.3 Å². The van der Waals surface area contributed by atoms with E-state index >= 15 is 0 Å². The van der Waals surface area contributed by atoms with Crippen LogP contribution in [0.5, 0.6) is 17.2 Å². The van der Waals surface area contributed by atoms with Crippen LogP contribution in [-0.2, 0) is 14.3 Å². The maximum atomic E-state index is 13.7. The second-order valence-corrected chi connectivity index (χ2v) is 8.46. The summed E-state index contributed by atoms with van der Waals surface area (Å²) >= 11 is 0. The summed E-state index contributed by atoms with van der Waals surface area (Å²) in [5, 5.41) is 10.2. The number of hydrogen-bond donors (Lipinski definition) is 1. The van der Waals surface area contributed by atoms with Gasteiger partial charge in [-0.25, -0.2) is 9.37 Å². The predicted octanol–water partition coefficient (Wildman–Crippen LogP) is 4.25. The number of nitrogens with zero attached hydrogens (tertiary/aromatic N) is 1. The minimum absolute atomic E-state index is 0.117. The van der Waals surface area contributed by atoms with Crippen molar-refractivity contribution in [1.29, 1.82) is 0 Å². The first-order valence-corrected chi connectivity index (χ1v) is 11.2. The lowest BCUT2D eigenvalue weighted by atomic mass is 10.0. The number of Topliss-reactive ketones (excluding diaryl/α,β-unsaturated/α-hetero) is 1. The van der Waals surface area contributed by atoms with Crippen LogP contribution in [0.2, 0.25) is 0 Å². The number of methoxy groups -OCH3 is 2. The van der Waals surface area contributed by atoms with Crippen molar-refractivity contribution in [3.05, 3.63) is 47.5 Å². The van der Waals surface area contributed by atoms with Crippen molar-refractivity contribution in [2.45, 2.75) is 45.3 Å². The van der Waals surface area contributed by atoms with Gasteiger partial charge >= 0.3 is 5.97 Å². The van der Waals surface area contributed by atoms with Gasteiger partial charge in [0.25, 0.3) is 0 Å². The number of ether oxygens (including phenoxy) is 4. The monoisotopic (exact) mass is 475 g/mol. The van der Waals surface area contributed by atoms with Crippen molar-refractivity contribution in [2.24, 2.45) is 11.8 Å². The Balaban J connectivity index is 1.70. The molecular formula is C25H30FNO7. The molecule has 0 aliphatic heterocycles. The molecule has 0 unspecified atom stereocenters. The molecule has 0 bridgehead atoms. The smallest absolute Gasteiger partial charge is 0.309 e. The third kappa shape index (κ3) is 6.22. The molecule has 1 aromatic heterocycles. The van der Waals surface area contributed by atoms with E-state index in [1.807, 2.05) is 0 Å². The summed E-state index contributed by atoms with van der Waals surface area (Å²) in [6.07, 6.45) is 1.87. The molecule has 0 radical (unpaired) electrons. The van der Waals surface area contributed by atoms with Crippen LogP contribution in [0, 0.1) is 17.7 Å². The highest BCUT2D eigenvalue weighted by Gasteiger charge is 2.32. The maximum Gasteiger partial charge on any atom is 0.309 e. The Bertz CT molecular complexity index is 1020. The quantitative estimate of drug-likeness (QED) is 0.359. The topological polar surface area (TPSA) is 104 Å². The summed E-state index contributed by atoms with van der Waals surface area (Å²) in [5.74, 6) is -1.89. The molecule has 8 nitrogen and oxygen atoms in total. The number of benzene rings is 1. The Labute approximate surface area is 198 Å².